The molecule has 46 heavy (non-hydrogen) atoms. The van der Waals surface area contributed by atoms with Crippen LogP contribution in [0.3, 0.4) is 0 Å². The zero-order chi connectivity index (χ0) is 33.5. The number of nitriles is 1. The summed E-state index contributed by atoms with van der Waals surface area (Å²) in [7, 11) is 9.04. The highest BCUT2D eigenvalue weighted by Gasteiger charge is 2.60. The highest BCUT2D eigenvalue weighted by Crippen LogP contribution is 2.53. The topological polar surface area (TPSA) is 121 Å². The molecule has 6 atom stereocenters. The summed E-state index contributed by atoms with van der Waals surface area (Å²) in [6.45, 7) is 8.47. The van der Waals surface area contributed by atoms with Crippen molar-refractivity contribution in [2.24, 2.45) is 11.8 Å². The molecule has 1 saturated heterocycles. The van der Waals surface area contributed by atoms with E-state index in [1.54, 1.807) is 37.0 Å². The molecule has 2 aromatic carbocycles. The van der Waals surface area contributed by atoms with Crippen LogP contribution in [0.2, 0.25) is 0 Å². The first-order valence-corrected chi connectivity index (χ1v) is 16.1. The average Bonchev–Trinajstić information content (AvgIpc) is 3.51. The van der Waals surface area contributed by atoms with Crippen LogP contribution in [0.15, 0.2) is 43.0 Å². The molecule has 5 rings (SSSR count). The van der Waals surface area contributed by atoms with E-state index >= 15 is 0 Å². The van der Waals surface area contributed by atoms with Crippen molar-refractivity contribution < 1.29 is 14.4 Å². The first-order chi connectivity index (χ1) is 21.8. The Kier molecular flexibility index (Phi) is 9.30. The van der Waals surface area contributed by atoms with Crippen molar-refractivity contribution in [1.82, 2.24) is 30.9 Å². The van der Waals surface area contributed by atoms with Gasteiger partial charge in [-0.2, -0.15) is 5.26 Å². The van der Waals surface area contributed by atoms with E-state index in [0.717, 1.165) is 39.9 Å². The molecular weight excluding hydrogens is 578 g/mol. The predicted molar refractivity (Wildman–Crippen MR) is 178 cm³/mol. The number of rotatable bonds is 10. The molecule has 2 aromatic rings. The van der Waals surface area contributed by atoms with E-state index in [1.807, 2.05) is 50.2 Å². The van der Waals surface area contributed by atoms with E-state index in [2.05, 4.69) is 41.8 Å². The molecule has 1 heterocycles. The van der Waals surface area contributed by atoms with Gasteiger partial charge >= 0.3 is 0 Å². The molecule has 3 amide bonds. The van der Waals surface area contributed by atoms with Gasteiger partial charge in [0.1, 0.15) is 11.5 Å². The molecule has 244 valence electrons. The zero-order valence-corrected chi connectivity index (χ0v) is 28.1. The first-order valence-electron chi connectivity index (χ1n) is 16.1. The minimum atomic E-state index is -1.14. The smallest absolute Gasteiger partial charge is 0.253 e. The third kappa shape index (κ3) is 5.78. The van der Waals surface area contributed by atoms with Crippen molar-refractivity contribution >= 4 is 23.4 Å². The molecule has 3 aliphatic rings. The molecule has 2 aliphatic carbocycles. The van der Waals surface area contributed by atoms with Crippen LogP contribution in [0.25, 0.3) is 5.70 Å². The highest BCUT2D eigenvalue weighted by molar-refractivity contribution is 5.96. The summed E-state index contributed by atoms with van der Waals surface area (Å²) in [6.07, 6.45) is 2.42. The van der Waals surface area contributed by atoms with Gasteiger partial charge in [0, 0.05) is 58.6 Å². The molecular formula is C36H47N7O3. The molecule has 10 nitrogen and oxygen atoms in total. The van der Waals surface area contributed by atoms with Gasteiger partial charge in [-0.3, -0.25) is 19.8 Å². The molecule has 0 bridgehead atoms. The number of fused-ring (bicyclic) bond motifs is 3. The Bertz CT molecular complexity index is 1520. The van der Waals surface area contributed by atoms with Gasteiger partial charge < -0.3 is 20.0 Å². The van der Waals surface area contributed by atoms with Crippen molar-refractivity contribution in [3.63, 3.8) is 0 Å². The lowest BCUT2D eigenvalue weighted by Gasteiger charge is -2.37. The molecule has 2 unspecified atom stereocenters. The number of hydrogen-bond donors (Lipinski definition) is 3. The highest BCUT2D eigenvalue weighted by atomic mass is 16.2. The quantitative estimate of drug-likeness (QED) is 0.348. The van der Waals surface area contributed by atoms with E-state index in [4.69, 9.17) is 0 Å². The number of hydrogen-bond acceptors (Lipinski definition) is 7. The summed E-state index contributed by atoms with van der Waals surface area (Å²) in [5.41, 5.74) is 10.7. The van der Waals surface area contributed by atoms with E-state index in [0.29, 0.717) is 36.7 Å². The van der Waals surface area contributed by atoms with Crippen molar-refractivity contribution in [2.45, 2.75) is 63.1 Å². The average molecular weight is 626 g/mol. The van der Waals surface area contributed by atoms with Crippen molar-refractivity contribution in [3.8, 4) is 6.07 Å². The number of carbonyl (C=O) groups is 3. The Morgan fingerprint density at radius 3 is 2.22 bits per heavy atom. The molecule has 0 spiro atoms. The lowest BCUT2D eigenvalue weighted by molar-refractivity contribution is -0.131. The van der Waals surface area contributed by atoms with Crippen molar-refractivity contribution in [1.29, 1.82) is 5.26 Å². The number of nitrogens with one attached hydrogen (secondary N) is 3. The fraction of sp³-hybridized carbons (Fsp3) is 0.500. The van der Waals surface area contributed by atoms with Gasteiger partial charge in [0.25, 0.3) is 5.91 Å². The van der Waals surface area contributed by atoms with Crippen molar-refractivity contribution in [2.75, 3.05) is 41.8 Å². The van der Waals surface area contributed by atoms with Crippen LogP contribution >= 0.6 is 0 Å². The van der Waals surface area contributed by atoms with E-state index in [1.165, 1.54) is 0 Å². The fourth-order valence-electron chi connectivity index (χ4n) is 7.71. The Morgan fingerprint density at radius 1 is 1.04 bits per heavy atom. The summed E-state index contributed by atoms with van der Waals surface area (Å²) < 4.78 is 0. The monoisotopic (exact) mass is 625 g/mol. The number of piperidine rings is 1. The van der Waals surface area contributed by atoms with E-state index in [9.17, 15) is 19.6 Å². The minimum absolute atomic E-state index is 0.0793. The number of amides is 3. The van der Waals surface area contributed by atoms with Crippen LogP contribution in [-0.4, -0.2) is 92.3 Å². The second-order valence-electron chi connectivity index (χ2n) is 13.6. The minimum Gasteiger partial charge on any atom is -0.378 e. The van der Waals surface area contributed by atoms with Crippen LogP contribution in [0, 0.1) is 23.2 Å². The Morgan fingerprint density at radius 2 is 1.65 bits per heavy atom. The number of nitrogens with zero attached hydrogens (tertiary/aromatic N) is 4. The zero-order valence-electron chi connectivity index (χ0n) is 28.1. The van der Waals surface area contributed by atoms with Crippen LogP contribution in [0.1, 0.15) is 64.9 Å². The van der Waals surface area contributed by atoms with Crippen LogP contribution in [0.5, 0.6) is 0 Å². The van der Waals surface area contributed by atoms with Crippen LogP contribution < -0.4 is 16.2 Å². The molecule has 1 aliphatic heterocycles. The van der Waals surface area contributed by atoms with Gasteiger partial charge in [-0.25, -0.2) is 5.43 Å². The molecule has 0 aromatic heterocycles. The van der Waals surface area contributed by atoms with Crippen molar-refractivity contribution in [3.05, 3.63) is 76.4 Å². The number of carbonyl (C=O) groups excluding carboxylic acids is 3. The predicted octanol–water partition coefficient (Wildman–Crippen LogP) is 2.68. The van der Waals surface area contributed by atoms with Gasteiger partial charge in [0.2, 0.25) is 11.8 Å². The SMILES string of the molecule is C=C(c1ccc2c(c1)CCc1cc(C(=O)N(C)C)ccc1C2(C[C@@H](C)NCC(=O)N1C(C#N)C[C@@H]2[C@H](C)[C@@H]21)C(=O)NNC)N(C)C. The number of benzene rings is 2. The summed E-state index contributed by atoms with van der Waals surface area (Å²) in [4.78, 5) is 46.2. The second-order valence-corrected chi connectivity index (χ2v) is 13.6. The molecule has 2 fully saturated rings. The summed E-state index contributed by atoms with van der Waals surface area (Å²) in [5.74, 6) is 0.443. The standard InChI is InChI=1S/C36H47N7O3/c1-21(39-20-32(44)43-28(19-37)17-29-22(2)33(29)43)18-36(35(46)40-38-4)30-13-11-24(23(3)41(5)6)15-25(30)9-10-26-16-27(12-14-31(26)36)34(45)42(7)8/h11-16,21-22,28-29,33,38-39H,3,9-10,17-18,20H2,1-2,4-8H3,(H,40,46)/t21-,22+,28?,29-,33+,36?/m1/s1. The third-order valence-corrected chi connectivity index (χ3v) is 10.3. The number of hydrazine groups is 1. The fourth-order valence-corrected chi connectivity index (χ4v) is 7.71. The Hall–Kier alpha value is -4.20. The molecule has 0 radical (unpaired) electrons. The van der Waals surface area contributed by atoms with Crippen LogP contribution in [0.4, 0.5) is 0 Å². The van der Waals surface area contributed by atoms with Gasteiger partial charge in [0.05, 0.1) is 12.6 Å². The van der Waals surface area contributed by atoms with Gasteiger partial charge in [-0.05, 0) is 90.5 Å². The Balaban J connectivity index is 1.56. The normalized spacial score (nSPS) is 24.8. The third-order valence-electron chi connectivity index (χ3n) is 10.3. The lowest BCUT2D eigenvalue weighted by Crippen LogP contribution is -2.53. The van der Waals surface area contributed by atoms with Crippen LogP contribution in [-0.2, 0) is 27.8 Å². The molecule has 10 heteroatoms. The number of likely N-dealkylation sites (tertiary alicyclic amines) is 1. The largest absolute Gasteiger partial charge is 0.378 e. The maximum Gasteiger partial charge on any atom is 0.253 e. The molecule has 3 N–H and O–H groups in total. The van der Waals surface area contributed by atoms with Gasteiger partial charge in [-0.1, -0.05) is 31.7 Å². The van der Waals surface area contributed by atoms with Gasteiger partial charge in [-0.15, -0.1) is 0 Å². The maximum atomic E-state index is 14.5. The van der Waals surface area contributed by atoms with E-state index in [-0.39, 0.29) is 42.4 Å². The molecule has 1 saturated carbocycles. The summed E-state index contributed by atoms with van der Waals surface area (Å²) in [6, 6.07) is 13.7. The maximum absolute atomic E-state index is 14.5. The summed E-state index contributed by atoms with van der Waals surface area (Å²) in [5, 5.41) is 13.1. The number of aryl methyl sites for hydroxylation is 2. The summed E-state index contributed by atoms with van der Waals surface area (Å²) >= 11 is 0. The first kappa shape index (κ1) is 33.2. The second kappa shape index (κ2) is 12.9. The lowest BCUT2D eigenvalue weighted by atomic mass is 9.67. The van der Waals surface area contributed by atoms with Gasteiger partial charge in [0.15, 0.2) is 0 Å². The van der Waals surface area contributed by atoms with E-state index < -0.39 is 5.41 Å². The Labute approximate surface area is 272 Å².